The first-order valence-electron chi connectivity index (χ1n) is 16.9. The van der Waals surface area contributed by atoms with Gasteiger partial charge in [0.1, 0.15) is 35.2 Å². The lowest BCUT2D eigenvalue weighted by atomic mass is 9.95. The Morgan fingerprint density at radius 1 is 0.918 bits per heavy atom. The van der Waals surface area contributed by atoms with Crippen molar-refractivity contribution in [2.45, 2.75) is 62.2 Å². The van der Waals surface area contributed by atoms with E-state index >= 15 is 8.78 Å². The van der Waals surface area contributed by atoms with E-state index in [4.69, 9.17) is 9.72 Å². The molecule has 6 heterocycles. The van der Waals surface area contributed by atoms with E-state index in [9.17, 15) is 13.9 Å². The van der Waals surface area contributed by atoms with Crippen LogP contribution in [0.5, 0.6) is 11.8 Å². The van der Waals surface area contributed by atoms with Crippen LogP contribution in [0.1, 0.15) is 50.1 Å². The first kappa shape index (κ1) is 30.5. The van der Waals surface area contributed by atoms with Crippen LogP contribution < -0.4 is 15.0 Å². The van der Waals surface area contributed by atoms with Gasteiger partial charge in [0.05, 0.1) is 10.9 Å². The number of ether oxygens (including phenoxy) is 1. The molecule has 0 saturated carbocycles. The number of aromatic hydroxyl groups is 1. The topological polar surface area (TPSA) is 86.6 Å². The fourth-order valence-electron chi connectivity index (χ4n) is 8.79. The van der Waals surface area contributed by atoms with Gasteiger partial charge in [0.15, 0.2) is 17.5 Å². The molecule has 4 atom stereocenters. The third kappa shape index (κ3) is 5.06. The van der Waals surface area contributed by atoms with E-state index in [0.29, 0.717) is 30.9 Å². The number of hydrogen-bond acceptors (Lipinski definition) is 8. The largest absolute Gasteiger partial charge is 0.508 e. The maximum Gasteiger partial charge on any atom is 0.319 e. The van der Waals surface area contributed by atoms with Crippen molar-refractivity contribution in [3.8, 4) is 23.0 Å². The lowest BCUT2D eigenvalue weighted by Gasteiger charge is -2.35. The van der Waals surface area contributed by atoms with Gasteiger partial charge in [-0.15, -0.1) is 0 Å². The van der Waals surface area contributed by atoms with Crippen molar-refractivity contribution >= 4 is 27.5 Å². The monoisotopic (exact) mass is 670 g/mol. The number of aromatic nitrogens is 3. The molecule has 0 amide bonds. The first-order valence-corrected chi connectivity index (χ1v) is 16.9. The molecule has 4 aliphatic heterocycles. The molecule has 252 valence electrons. The van der Waals surface area contributed by atoms with Crippen LogP contribution in [0.15, 0.2) is 54.7 Å². The molecule has 2 aromatic heterocycles. The maximum atomic E-state index is 16.8. The van der Waals surface area contributed by atoms with Crippen LogP contribution in [0.4, 0.5) is 23.4 Å². The normalized spacial score (nSPS) is 25.1. The summed E-state index contributed by atoms with van der Waals surface area (Å²) in [6, 6.07) is 12.2. The summed E-state index contributed by atoms with van der Waals surface area (Å²) in [4.78, 5) is 18.4. The number of phenolic OH excluding ortho intramolecular Hbond substituents is 1. The lowest BCUT2D eigenvalue weighted by molar-refractivity contribution is 0.0845. The number of piperazine rings is 1. The molecule has 4 fully saturated rings. The summed E-state index contributed by atoms with van der Waals surface area (Å²) >= 11 is 0. The van der Waals surface area contributed by atoms with Crippen molar-refractivity contribution in [2.24, 2.45) is 0 Å². The third-order valence-corrected chi connectivity index (χ3v) is 11.0. The van der Waals surface area contributed by atoms with Gasteiger partial charge in [0.25, 0.3) is 0 Å². The van der Waals surface area contributed by atoms with Crippen LogP contribution in [0.3, 0.4) is 0 Å². The predicted molar refractivity (Wildman–Crippen MR) is 177 cm³/mol. The Balaban J connectivity index is 1.13. The molecule has 9 rings (SSSR count). The minimum absolute atomic E-state index is 0.0221. The van der Waals surface area contributed by atoms with E-state index in [-0.39, 0.29) is 68.8 Å². The molecule has 2 unspecified atom stereocenters. The summed E-state index contributed by atoms with van der Waals surface area (Å²) in [5, 5.41) is 14.5. The molecular weight excluding hydrogens is 636 g/mol. The number of rotatable bonds is 6. The number of halogens is 4. The van der Waals surface area contributed by atoms with Crippen molar-refractivity contribution in [2.75, 3.05) is 31.1 Å². The van der Waals surface area contributed by atoms with Crippen LogP contribution in [-0.2, 0) is 0 Å². The molecule has 2 N–H and O–H groups in total. The first-order chi connectivity index (χ1) is 23.8. The minimum Gasteiger partial charge on any atom is -0.508 e. The Kier molecular flexibility index (Phi) is 7.17. The SMILES string of the molecule is Oc1cc(-c2ncc3c(N4C[C@H]5CC[C@@H](C4)N5)nc(OCC45CCCN4C(c4ccc(F)cc4)CC5)nc3c2F)c2c(F)c(F)ccc2c1. The minimum atomic E-state index is -1.16. The molecule has 4 aliphatic rings. The third-order valence-electron chi connectivity index (χ3n) is 11.0. The van der Waals surface area contributed by atoms with Crippen molar-refractivity contribution < 1.29 is 27.4 Å². The molecule has 0 radical (unpaired) electrons. The smallest absolute Gasteiger partial charge is 0.319 e. The summed E-state index contributed by atoms with van der Waals surface area (Å²) < 4.78 is 66.5. The molecular formula is C37H34F4N6O2. The number of fused-ring (bicyclic) bond motifs is 5. The Morgan fingerprint density at radius 3 is 2.51 bits per heavy atom. The zero-order valence-corrected chi connectivity index (χ0v) is 26.6. The average molecular weight is 671 g/mol. The highest BCUT2D eigenvalue weighted by atomic mass is 19.2. The number of nitrogens with zero attached hydrogens (tertiary/aromatic N) is 5. The van der Waals surface area contributed by atoms with E-state index in [2.05, 4.69) is 25.1 Å². The molecule has 49 heavy (non-hydrogen) atoms. The number of benzene rings is 3. The summed E-state index contributed by atoms with van der Waals surface area (Å²) in [5.41, 5.74) is 0.386. The van der Waals surface area contributed by atoms with Crippen LogP contribution in [-0.4, -0.2) is 68.8 Å². The Labute approximate surface area is 279 Å². The highest BCUT2D eigenvalue weighted by Gasteiger charge is 2.50. The van der Waals surface area contributed by atoms with E-state index in [1.807, 2.05) is 12.1 Å². The summed E-state index contributed by atoms with van der Waals surface area (Å²) in [7, 11) is 0. The number of anilines is 1. The predicted octanol–water partition coefficient (Wildman–Crippen LogP) is 6.80. The molecule has 2 bridgehead atoms. The van der Waals surface area contributed by atoms with Crippen molar-refractivity contribution in [1.29, 1.82) is 0 Å². The van der Waals surface area contributed by atoms with Gasteiger partial charge in [-0.25, -0.2) is 17.6 Å². The second kappa shape index (κ2) is 11.5. The Bertz CT molecular complexity index is 2100. The second-order valence-corrected chi connectivity index (χ2v) is 13.9. The van der Waals surface area contributed by atoms with Gasteiger partial charge in [-0.05, 0) is 86.4 Å². The second-order valence-electron chi connectivity index (χ2n) is 13.9. The quantitative estimate of drug-likeness (QED) is 0.191. The fraction of sp³-hybridized carbons (Fsp3) is 0.378. The maximum absolute atomic E-state index is 16.8. The van der Waals surface area contributed by atoms with E-state index in [0.717, 1.165) is 56.7 Å². The van der Waals surface area contributed by atoms with Gasteiger partial charge in [-0.3, -0.25) is 9.88 Å². The number of nitrogens with one attached hydrogen (secondary N) is 1. The van der Waals surface area contributed by atoms with Gasteiger partial charge in [-0.1, -0.05) is 18.2 Å². The molecule has 4 saturated heterocycles. The zero-order valence-electron chi connectivity index (χ0n) is 26.6. The Morgan fingerprint density at radius 2 is 1.71 bits per heavy atom. The molecule has 8 nitrogen and oxygen atoms in total. The highest BCUT2D eigenvalue weighted by molar-refractivity contribution is 6.00. The average Bonchev–Trinajstić information content (AvgIpc) is 3.78. The fourth-order valence-corrected chi connectivity index (χ4v) is 8.79. The Hall–Kier alpha value is -4.55. The van der Waals surface area contributed by atoms with Gasteiger partial charge in [-0.2, -0.15) is 9.97 Å². The summed E-state index contributed by atoms with van der Waals surface area (Å²) in [6.07, 6.45) is 7.22. The standard InChI is InChI=1S/C37H34F4N6O2/c38-22-5-2-20(3-6-22)29-10-12-37(11-1-13-47(29)37)19-49-36-44-34-27(35(45-36)46-17-23-7-8-24(18-46)43-23)16-42-33(32(34)41)26-15-25(48)14-21-4-9-28(39)31(40)30(21)26/h2-6,9,14-16,23-24,29,43,48H,1,7-8,10-13,17-19H2/t23-,24+,29?,37?. The van der Waals surface area contributed by atoms with E-state index in [1.54, 1.807) is 0 Å². The number of hydrogen-bond donors (Lipinski definition) is 2. The van der Waals surface area contributed by atoms with Gasteiger partial charge in [0, 0.05) is 48.4 Å². The summed E-state index contributed by atoms with van der Waals surface area (Å²) in [6.45, 7) is 2.52. The molecule has 5 aromatic rings. The number of pyridine rings is 1. The van der Waals surface area contributed by atoms with Crippen LogP contribution in [0.2, 0.25) is 0 Å². The zero-order chi connectivity index (χ0) is 33.4. The van der Waals surface area contributed by atoms with E-state index in [1.165, 1.54) is 36.5 Å². The number of phenols is 1. The van der Waals surface area contributed by atoms with Gasteiger partial charge in [0.2, 0.25) is 0 Å². The van der Waals surface area contributed by atoms with Crippen molar-refractivity contribution in [1.82, 2.24) is 25.2 Å². The lowest BCUT2D eigenvalue weighted by Crippen LogP contribution is -2.51. The highest BCUT2D eigenvalue weighted by Crippen LogP contribution is 2.49. The van der Waals surface area contributed by atoms with Gasteiger partial charge < -0.3 is 20.1 Å². The van der Waals surface area contributed by atoms with Crippen LogP contribution in [0, 0.1) is 23.3 Å². The van der Waals surface area contributed by atoms with Crippen molar-refractivity contribution in [3.63, 3.8) is 0 Å². The van der Waals surface area contributed by atoms with Crippen LogP contribution >= 0.6 is 0 Å². The summed E-state index contributed by atoms with van der Waals surface area (Å²) in [5.74, 6) is -3.10. The van der Waals surface area contributed by atoms with Gasteiger partial charge >= 0.3 is 6.01 Å². The van der Waals surface area contributed by atoms with E-state index < -0.39 is 17.5 Å². The molecule has 0 aliphatic carbocycles. The molecule has 3 aromatic carbocycles. The molecule has 12 heteroatoms. The van der Waals surface area contributed by atoms with Crippen LogP contribution in [0.25, 0.3) is 32.9 Å². The molecule has 0 spiro atoms. The van der Waals surface area contributed by atoms with Crippen molar-refractivity contribution in [3.05, 3.63) is 83.6 Å².